The molecule has 6 atom stereocenters. The number of halogens is 1. The zero-order chi connectivity index (χ0) is 31.6. The summed E-state index contributed by atoms with van der Waals surface area (Å²) in [6, 6.07) is 22.1. The van der Waals surface area contributed by atoms with E-state index in [-0.39, 0.29) is 47.8 Å². The maximum atomic E-state index is 15.0. The van der Waals surface area contributed by atoms with Crippen LogP contribution in [0.4, 0.5) is 0 Å². The molecule has 4 aliphatic rings. The molecule has 0 bridgehead atoms. The monoisotopic (exact) mass is 665 g/mol. The lowest BCUT2D eigenvalue weighted by Gasteiger charge is -2.55. The lowest BCUT2D eigenvalue weighted by Crippen LogP contribution is -2.58. The van der Waals surface area contributed by atoms with Crippen LogP contribution in [-0.4, -0.2) is 47.0 Å². The summed E-state index contributed by atoms with van der Waals surface area (Å²) < 4.78 is 5.93. The third-order valence-electron chi connectivity index (χ3n) is 10.4. The molecule has 2 fully saturated rings. The Morgan fingerprint density at radius 1 is 0.956 bits per heavy atom. The predicted octanol–water partition coefficient (Wildman–Crippen LogP) is 6.01. The number of ketones is 2. The number of hydrogen-bond acceptors (Lipinski definition) is 6. The van der Waals surface area contributed by atoms with E-state index in [4.69, 9.17) is 4.74 Å². The maximum Gasteiger partial charge on any atom is 0.233 e. The first-order chi connectivity index (χ1) is 21.7. The number of ether oxygens (including phenoxy) is 1. The SMILES string of the molecule is CCN1C(=O)C2CC=C3C(CC4C(=O)C(c5ccccc5)=CC(=O)C4(c4ccccc4)C3c3cc(Br)c(O)c(OC)c3)C2C1=O. The molecule has 0 radical (unpaired) electrons. The Bertz CT molecular complexity index is 1810. The molecule has 1 saturated carbocycles. The van der Waals surface area contributed by atoms with Gasteiger partial charge in [0, 0.05) is 24.0 Å². The van der Waals surface area contributed by atoms with Gasteiger partial charge in [-0.25, -0.2) is 0 Å². The Morgan fingerprint density at radius 3 is 2.31 bits per heavy atom. The molecule has 228 valence electrons. The third kappa shape index (κ3) is 4.14. The van der Waals surface area contributed by atoms with Crippen molar-refractivity contribution in [2.45, 2.75) is 31.1 Å². The van der Waals surface area contributed by atoms with Crippen molar-refractivity contribution in [1.29, 1.82) is 0 Å². The van der Waals surface area contributed by atoms with Gasteiger partial charge in [0.2, 0.25) is 11.8 Å². The average molecular weight is 667 g/mol. The number of amides is 2. The molecule has 1 N–H and O–H groups in total. The van der Waals surface area contributed by atoms with E-state index in [1.165, 1.54) is 18.1 Å². The van der Waals surface area contributed by atoms with Gasteiger partial charge in [-0.3, -0.25) is 24.1 Å². The number of likely N-dealkylation sites (tertiary alicyclic amines) is 1. The number of carbonyl (C=O) groups is 4. The highest BCUT2D eigenvalue weighted by atomic mass is 79.9. The van der Waals surface area contributed by atoms with E-state index in [0.29, 0.717) is 33.2 Å². The Balaban J connectivity index is 1.54. The molecular weight excluding hydrogens is 634 g/mol. The zero-order valence-corrected chi connectivity index (χ0v) is 26.5. The smallest absolute Gasteiger partial charge is 0.233 e. The van der Waals surface area contributed by atoms with Crippen LogP contribution in [0.3, 0.4) is 0 Å². The number of aromatic hydroxyl groups is 1. The molecule has 3 aliphatic carbocycles. The number of imide groups is 1. The van der Waals surface area contributed by atoms with Crippen LogP contribution in [0.1, 0.15) is 42.4 Å². The highest BCUT2D eigenvalue weighted by molar-refractivity contribution is 9.10. The second-order valence-electron chi connectivity index (χ2n) is 12.3. The highest BCUT2D eigenvalue weighted by Gasteiger charge is 2.65. The normalized spacial score (nSPS) is 29.0. The number of Topliss-reactive ketones (excluding diaryl/α,β-unsaturated/α-hetero) is 1. The number of phenolic OH excluding ortho intramolecular Hbond substituents is 1. The number of nitrogens with zero attached hydrogens (tertiary/aromatic N) is 1. The van der Waals surface area contributed by atoms with E-state index in [9.17, 15) is 19.5 Å². The lowest BCUT2D eigenvalue weighted by molar-refractivity contribution is -0.140. The van der Waals surface area contributed by atoms with Gasteiger partial charge in [-0.05, 0) is 76.5 Å². The fourth-order valence-corrected chi connectivity index (χ4v) is 9.00. The standard InChI is InChI=1S/C37H32BrNO6/c1-3-39-35(43)24-15-14-23-26(31(24)36(39)44)18-27-33(41)25(20-10-6-4-7-11-20)19-30(40)37(27,22-12-8-5-9-13-22)32(23)21-16-28(38)34(42)29(17-21)45-2/h4-14,16-17,19,24,26-27,31-32,42H,3,15,18H2,1-2H3. The summed E-state index contributed by atoms with van der Waals surface area (Å²) in [4.78, 5) is 58.5. The van der Waals surface area contributed by atoms with Gasteiger partial charge >= 0.3 is 0 Å². The number of allylic oxidation sites excluding steroid dienone is 4. The minimum absolute atomic E-state index is 0.0796. The van der Waals surface area contributed by atoms with Crippen LogP contribution < -0.4 is 4.74 Å². The fraction of sp³-hybridized carbons (Fsp3) is 0.297. The van der Waals surface area contributed by atoms with E-state index < -0.39 is 35.0 Å². The van der Waals surface area contributed by atoms with E-state index in [0.717, 1.165) is 5.57 Å². The van der Waals surface area contributed by atoms with E-state index in [1.807, 2.05) is 66.7 Å². The van der Waals surface area contributed by atoms with Gasteiger partial charge in [-0.2, -0.15) is 0 Å². The predicted molar refractivity (Wildman–Crippen MR) is 171 cm³/mol. The summed E-state index contributed by atoms with van der Waals surface area (Å²) in [5.74, 6) is -3.68. The van der Waals surface area contributed by atoms with Gasteiger partial charge in [0.1, 0.15) is 0 Å². The second kappa shape index (κ2) is 10.9. The van der Waals surface area contributed by atoms with E-state index in [1.54, 1.807) is 19.1 Å². The van der Waals surface area contributed by atoms with Crippen LogP contribution in [0.15, 0.2) is 95.0 Å². The van der Waals surface area contributed by atoms with Crippen LogP contribution in [0.25, 0.3) is 5.57 Å². The van der Waals surface area contributed by atoms with Crippen molar-refractivity contribution in [3.8, 4) is 11.5 Å². The minimum atomic E-state index is -1.34. The van der Waals surface area contributed by atoms with Gasteiger partial charge in [-0.15, -0.1) is 0 Å². The number of rotatable bonds is 5. The van der Waals surface area contributed by atoms with Crippen molar-refractivity contribution >= 4 is 44.9 Å². The summed E-state index contributed by atoms with van der Waals surface area (Å²) in [5.41, 5.74) is 1.91. The van der Waals surface area contributed by atoms with Gasteiger partial charge < -0.3 is 9.84 Å². The topological polar surface area (TPSA) is 101 Å². The number of hydrogen-bond donors (Lipinski definition) is 1. The minimum Gasteiger partial charge on any atom is -0.503 e. The molecule has 3 aromatic carbocycles. The van der Waals surface area contributed by atoms with Crippen LogP contribution in [0.2, 0.25) is 0 Å². The van der Waals surface area contributed by atoms with Crippen molar-refractivity contribution in [2.75, 3.05) is 13.7 Å². The van der Waals surface area contributed by atoms with E-state index >= 15 is 4.79 Å². The molecule has 1 aliphatic heterocycles. The molecule has 6 unspecified atom stereocenters. The molecule has 45 heavy (non-hydrogen) atoms. The first-order valence-electron chi connectivity index (χ1n) is 15.3. The summed E-state index contributed by atoms with van der Waals surface area (Å²) >= 11 is 3.48. The van der Waals surface area contributed by atoms with Crippen LogP contribution in [-0.2, 0) is 24.6 Å². The quantitative estimate of drug-likeness (QED) is 0.265. The molecule has 1 saturated heterocycles. The largest absolute Gasteiger partial charge is 0.503 e. The molecule has 0 aromatic heterocycles. The highest BCUT2D eigenvalue weighted by Crippen LogP contribution is 2.64. The first-order valence-corrected chi connectivity index (χ1v) is 16.1. The number of methoxy groups -OCH3 is 1. The van der Waals surface area contributed by atoms with Crippen LogP contribution >= 0.6 is 15.9 Å². The number of fused-ring (bicyclic) bond motifs is 4. The molecule has 7 nitrogen and oxygen atoms in total. The summed E-state index contributed by atoms with van der Waals surface area (Å²) in [5, 5.41) is 10.8. The zero-order valence-electron chi connectivity index (χ0n) is 24.9. The molecular formula is C37H32BrNO6. The van der Waals surface area contributed by atoms with Gasteiger partial charge in [0.15, 0.2) is 23.1 Å². The molecule has 2 amide bonds. The molecule has 8 heteroatoms. The Morgan fingerprint density at radius 2 is 1.64 bits per heavy atom. The fourth-order valence-electron chi connectivity index (χ4n) is 8.54. The Hall–Kier alpha value is -4.30. The summed E-state index contributed by atoms with van der Waals surface area (Å²) in [7, 11) is 1.46. The summed E-state index contributed by atoms with van der Waals surface area (Å²) in [6.07, 6.45) is 4.15. The van der Waals surface area contributed by atoms with Crippen molar-refractivity contribution in [2.24, 2.45) is 23.7 Å². The van der Waals surface area contributed by atoms with Crippen molar-refractivity contribution in [3.63, 3.8) is 0 Å². The number of benzene rings is 3. The molecule has 0 spiro atoms. The average Bonchev–Trinajstić information content (AvgIpc) is 3.32. The Labute approximate surface area is 269 Å². The van der Waals surface area contributed by atoms with Gasteiger partial charge in [0.25, 0.3) is 0 Å². The van der Waals surface area contributed by atoms with Crippen molar-refractivity contribution in [1.82, 2.24) is 4.90 Å². The van der Waals surface area contributed by atoms with Crippen LogP contribution in [0.5, 0.6) is 11.5 Å². The number of phenols is 1. The van der Waals surface area contributed by atoms with Crippen molar-refractivity contribution in [3.05, 3.63) is 112 Å². The Kier molecular flexibility index (Phi) is 7.15. The molecule has 7 rings (SSSR count). The third-order valence-corrected chi connectivity index (χ3v) is 11.0. The number of carbonyl (C=O) groups excluding carboxylic acids is 4. The second-order valence-corrected chi connectivity index (χ2v) is 13.1. The molecule has 1 heterocycles. The lowest BCUT2D eigenvalue weighted by atomic mass is 9.44. The first kappa shape index (κ1) is 29.4. The maximum absolute atomic E-state index is 15.0. The van der Waals surface area contributed by atoms with E-state index in [2.05, 4.69) is 15.9 Å². The van der Waals surface area contributed by atoms with Gasteiger partial charge in [0.05, 0.1) is 28.8 Å². The van der Waals surface area contributed by atoms with Gasteiger partial charge in [-0.1, -0.05) is 72.3 Å². The van der Waals surface area contributed by atoms with Crippen molar-refractivity contribution < 1.29 is 29.0 Å². The van der Waals surface area contributed by atoms with Crippen LogP contribution in [0, 0.1) is 23.7 Å². The molecule has 3 aromatic rings. The summed E-state index contributed by atoms with van der Waals surface area (Å²) in [6.45, 7) is 2.08.